The van der Waals surface area contributed by atoms with Gasteiger partial charge in [-0.25, -0.2) is 4.79 Å². The Kier molecular flexibility index (Phi) is 5.24. The van der Waals surface area contributed by atoms with Crippen molar-refractivity contribution in [2.75, 3.05) is 20.1 Å². The second-order valence-corrected chi connectivity index (χ2v) is 7.00. The fourth-order valence-corrected chi connectivity index (χ4v) is 2.98. The smallest absolute Gasteiger partial charge is 0.324 e. The highest BCUT2D eigenvalue weighted by atomic mass is 79.9. The van der Waals surface area contributed by atoms with E-state index in [4.69, 9.17) is 4.42 Å². The van der Waals surface area contributed by atoms with Crippen LogP contribution < -0.4 is 5.32 Å². The molecule has 2 aromatic rings. The van der Waals surface area contributed by atoms with Crippen LogP contribution in [-0.2, 0) is 11.3 Å². The first-order chi connectivity index (χ1) is 12.0. The molecule has 1 atom stereocenters. The quantitative estimate of drug-likeness (QED) is 0.829. The number of hydrogen-bond acceptors (Lipinski definition) is 4. The van der Waals surface area contributed by atoms with Crippen molar-refractivity contribution in [3.8, 4) is 11.3 Å². The molecule has 0 radical (unpaired) electrons. The highest BCUT2D eigenvalue weighted by molar-refractivity contribution is 9.10. The maximum Gasteiger partial charge on any atom is 0.324 e. The van der Waals surface area contributed by atoms with Gasteiger partial charge in [0.1, 0.15) is 11.5 Å². The Hall–Kier alpha value is -2.12. The molecular weight excluding hydrogens is 386 g/mol. The highest BCUT2D eigenvalue weighted by Gasteiger charge is 2.31. The Bertz CT molecular complexity index is 772. The van der Waals surface area contributed by atoms with Crippen molar-refractivity contribution < 1.29 is 14.0 Å². The first-order valence-corrected chi connectivity index (χ1v) is 8.89. The van der Waals surface area contributed by atoms with Gasteiger partial charge in [0.15, 0.2) is 0 Å². The number of nitrogens with one attached hydrogen (secondary N) is 1. The van der Waals surface area contributed by atoms with E-state index < -0.39 is 6.04 Å². The zero-order chi connectivity index (χ0) is 18.0. The Morgan fingerprint density at radius 3 is 2.68 bits per heavy atom. The van der Waals surface area contributed by atoms with Crippen LogP contribution in [0.2, 0.25) is 0 Å². The molecule has 1 fully saturated rings. The third kappa shape index (κ3) is 3.93. The number of likely N-dealkylation sites (N-methyl/N-ethyl adjacent to an activating group) is 1. The van der Waals surface area contributed by atoms with E-state index in [1.807, 2.05) is 48.3 Å². The van der Waals surface area contributed by atoms with Crippen molar-refractivity contribution in [1.82, 2.24) is 15.1 Å². The van der Waals surface area contributed by atoms with Gasteiger partial charge in [0, 0.05) is 23.1 Å². The van der Waals surface area contributed by atoms with Gasteiger partial charge in [-0.2, -0.15) is 0 Å². The minimum Gasteiger partial charge on any atom is -0.460 e. The van der Waals surface area contributed by atoms with E-state index in [1.54, 1.807) is 6.92 Å². The van der Waals surface area contributed by atoms with Crippen LogP contribution in [0, 0.1) is 0 Å². The lowest BCUT2D eigenvalue weighted by Gasteiger charge is -2.25. The molecular formula is C18H20BrN3O3. The van der Waals surface area contributed by atoms with Gasteiger partial charge in [0.25, 0.3) is 0 Å². The molecule has 1 aromatic carbocycles. The maximum atomic E-state index is 12.4. The van der Waals surface area contributed by atoms with Crippen molar-refractivity contribution in [3.05, 3.63) is 46.6 Å². The molecule has 1 aliphatic rings. The summed E-state index contributed by atoms with van der Waals surface area (Å²) in [7, 11) is 1.85. The molecule has 1 saturated heterocycles. The van der Waals surface area contributed by atoms with Crippen LogP contribution in [0.3, 0.4) is 0 Å². The number of nitrogens with zero attached hydrogens (tertiary/aromatic N) is 2. The molecule has 2 heterocycles. The third-order valence-corrected chi connectivity index (χ3v) is 4.87. The number of rotatable bonds is 5. The van der Waals surface area contributed by atoms with Crippen LogP contribution in [0.5, 0.6) is 0 Å². The van der Waals surface area contributed by atoms with E-state index in [0.29, 0.717) is 19.6 Å². The molecule has 132 valence electrons. The number of amides is 3. The SMILES string of the molecule is C[C@@H](C(=O)N1CCNC1=O)N(C)Cc1ccc(-c2ccc(Br)cc2)o1. The summed E-state index contributed by atoms with van der Waals surface area (Å²) < 4.78 is 6.91. The summed E-state index contributed by atoms with van der Waals surface area (Å²) in [6.45, 7) is 3.21. The van der Waals surface area contributed by atoms with Crippen LogP contribution in [0.15, 0.2) is 45.3 Å². The molecule has 1 aromatic heterocycles. The summed E-state index contributed by atoms with van der Waals surface area (Å²) in [6.07, 6.45) is 0. The molecule has 1 aliphatic heterocycles. The molecule has 0 aliphatic carbocycles. The lowest BCUT2D eigenvalue weighted by atomic mass is 10.2. The van der Waals surface area contributed by atoms with Crippen molar-refractivity contribution in [1.29, 1.82) is 0 Å². The first kappa shape index (κ1) is 17.7. The highest BCUT2D eigenvalue weighted by Crippen LogP contribution is 2.24. The number of carbonyl (C=O) groups excluding carboxylic acids is 2. The average Bonchev–Trinajstić information content (AvgIpc) is 3.23. The van der Waals surface area contributed by atoms with E-state index >= 15 is 0 Å². The van der Waals surface area contributed by atoms with Crippen LogP contribution in [0.25, 0.3) is 11.3 Å². The van der Waals surface area contributed by atoms with Crippen LogP contribution in [0.4, 0.5) is 4.79 Å². The van der Waals surface area contributed by atoms with Crippen molar-refractivity contribution in [3.63, 3.8) is 0 Å². The minimum absolute atomic E-state index is 0.197. The number of furan rings is 1. The second kappa shape index (κ2) is 7.41. The summed E-state index contributed by atoms with van der Waals surface area (Å²) in [6, 6.07) is 11.0. The molecule has 1 N–H and O–H groups in total. The summed E-state index contributed by atoms with van der Waals surface area (Å²) >= 11 is 3.42. The standard InChI is InChI=1S/C18H20BrN3O3/c1-12(17(23)22-10-9-20-18(22)24)21(2)11-15-7-8-16(25-15)13-3-5-14(19)6-4-13/h3-8,12H,9-11H2,1-2H3,(H,20,24)/t12-/m0/s1. The molecule has 7 heteroatoms. The number of imide groups is 1. The first-order valence-electron chi connectivity index (χ1n) is 8.10. The molecule has 0 bridgehead atoms. The molecule has 0 unspecified atom stereocenters. The van der Waals surface area contributed by atoms with E-state index in [0.717, 1.165) is 21.6 Å². The second-order valence-electron chi connectivity index (χ2n) is 6.09. The summed E-state index contributed by atoms with van der Waals surface area (Å²) in [5.41, 5.74) is 0.995. The molecule has 3 rings (SSSR count). The van der Waals surface area contributed by atoms with Gasteiger partial charge < -0.3 is 9.73 Å². The molecule has 0 saturated carbocycles. The summed E-state index contributed by atoms with van der Waals surface area (Å²) in [5, 5.41) is 2.65. The summed E-state index contributed by atoms with van der Waals surface area (Å²) in [5.74, 6) is 1.36. The van der Waals surface area contributed by atoms with Gasteiger partial charge in [-0.3, -0.25) is 14.6 Å². The zero-order valence-electron chi connectivity index (χ0n) is 14.2. The fourth-order valence-electron chi connectivity index (χ4n) is 2.71. The van der Waals surface area contributed by atoms with Crippen LogP contribution >= 0.6 is 15.9 Å². The monoisotopic (exact) mass is 405 g/mol. The number of carbonyl (C=O) groups is 2. The zero-order valence-corrected chi connectivity index (χ0v) is 15.7. The Balaban J connectivity index is 1.64. The predicted octanol–water partition coefficient (Wildman–Crippen LogP) is 3.08. The van der Waals surface area contributed by atoms with Crippen LogP contribution in [-0.4, -0.2) is 47.9 Å². The fraction of sp³-hybridized carbons (Fsp3) is 0.333. The Morgan fingerprint density at radius 2 is 2.04 bits per heavy atom. The maximum absolute atomic E-state index is 12.4. The minimum atomic E-state index is -0.412. The van der Waals surface area contributed by atoms with Gasteiger partial charge in [0.05, 0.1) is 12.6 Å². The molecule has 3 amide bonds. The van der Waals surface area contributed by atoms with Crippen LogP contribution in [0.1, 0.15) is 12.7 Å². The molecule has 0 spiro atoms. The molecule has 25 heavy (non-hydrogen) atoms. The lowest BCUT2D eigenvalue weighted by molar-refractivity contribution is -0.132. The van der Waals surface area contributed by atoms with Gasteiger partial charge >= 0.3 is 6.03 Å². The van der Waals surface area contributed by atoms with E-state index in [-0.39, 0.29) is 11.9 Å². The van der Waals surface area contributed by atoms with E-state index in [9.17, 15) is 9.59 Å². The number of urea groups is 1. The van der Waals surface area contributed by atoms with Gasteiger partial charge in [-0.15, -0.1) is 0 Å². The normalized spacial score (nSPS) is 15.5. The van der Waals surface area contributed by atoms with E-state index in [2.05, 4.69) is 21.2 Å². The van der Waals surface area contributed by atoms with Crippen molar-refractivity contribution in [2.45, 2.75) is 19.5 Å². The summed E-state index contributed by atoms with van der Waals surface area (Å²) in [4.78, 5) is 27.2. The van der Waals surface area contributed by atoms with E-state index in [1.165, 1.54) is 4.90 Å². The largest absolute Gasteiger partial charge is 0.460 e. The number of benzene rings is 1. The van der Waals surface area contributed by atoms with Gasteiger partial charge in [-0.05, 0) is 38.2 Å². The number of hydrogen-bond donors (Lipinski definition) is 1. The topological polar surface area (TPSA) is 65.8 Å². The third-order valence-electron chi connectivity index (χ3n) is 4.34. The Labute approximate surface area is 154 Å². The van der Waals surface area contributed by atoms with Crippen molar-refractivity contribution in [2.24, 2.45) is 0 Å². The Morgan fingerprint density at radius 1 is 1.32 bits per heavy atom. The van der Waals surface area contributed by atoms with Crippen molar-refractivity contribution >= 4 is 27.9 Å². The lowest BCUT2D eigenvalue weighted by Crippen LogP contribution is -2.46. The average molecular weight is 406 g/mol. The molecule has 6 nitrogen and oxygen atoms in total. The van der Waals surface area contributed by atoms with Gasteiger partial charge in [-0.1, -0.05) is 28.1 Å². The van der Waals surface area contributed by atoms with Gasteiger partial charge in [0.2, 0.25) is 5.91 Å². The number of halogens is 1. The predicted molar refractivity (Wildman–Crippen MR) is 97.9 cm³/mol.